The van der Waals surface area contributed by atoms with Crippen molar-refractivity contribution in [2.75, 3.05) is 13.1 Å². The van der Waals surface area contributed by atoms with E-state index in [1.165, 1.54) is 17.5 Å². The summed E-state index contributed by atoms with van der Waals surface area (Å²) in [4.78, 5) is 12.1. The van der Waals surface area contributed by atoms with Crippen LogP contribution >= 0.6 is 0 Å². The van der Waals surface area contributed by atoms with E-state index in [0.29, 0.717) is 25.4 Å². The van der Waals surface area contributed by atoms with Crippen molar-refractivity contribution in [3.05, 3.63) is 35.4 Å². The zero-order valence-electron chi connectivity index (χ0n) is 11.6. The van der Waals surface area contributed by atoms with Gasteiger partial charge in [-0.2, -0.15) is 0 Å². The Bertz CT molecular complexity index is 489. The number of hydrogen-bond acceptors (Lipinski definition) is 3. The number of fused-ring (bicyclic) bond motifs is 1. The maximum absolute atomic E-state index is 12.1. The summed E-state index contributed by atoms with van der Waals surface area (Å²) in [6.45, 7) is 1.22. The molecule has 0 bridgehead atoms. The Morgan fingerprint density at radius 1 is 1.40 bits per heavy atom. The van der Waals surface area contributed by atoms with E-state index in [-0.39, 0.29) is 18.1 Å². The number of aryl methyl sites for hydroxylation is 1. The molecule has 1 heterocycles. The molecule has 4 heteroatoms. The van der Waals surface area contributed by atoms with E-state index in [2.05, 4.69) is 34.9 Å². The summed E-state index contributed by atoms with van der Waals surface area (Å²) >= 11 is 0. The third-order valence-corrected chi connectivity index (χ3v) is 4.44. The van der Waals surface area contributed by atoms with Crippen molar-refractivity contribution >= 4 is 5.91 Å². The highest BCUT2D eigenvalue weighted by Crippen LogP contribution is 2.30. The number of benzene rings is 1. The first-order valence-corrected chi connectivity index (χ1v) is 7.51. The number of β-amino-alcohol motifs (C(OH)–C–C–N with tert-alkyl or cyclic N) is 1. The molecule has 0 saturated carbocycles. The molecule has 1 fully saturated rings. The minimum absolute atomic E-state index is 0.0182. The van der Waals surface area contributed by atoms with Gasteiger partial charge in [0.25, 0.3) is 0 Å². The quantitative estimate of drug-likeness (QED) is 0.769. The highest BCUT2D eigenvalue weighted by molar-refractivity contribution is 5.82. The summed E-state index contributed by atoms with van der Waals surface area (Å²) in [5.74, 6) is 0.444. The maximum atomic E-state index is 12.1. The summed E-state index contributed by atoms with van der Waals surface area (Å²) in [5, 5.41) is 15.5. The Labute approximate surface area is 119 Å². The average molecular weight is 274 g/mol. The molecule has 108 valence electrons. The first-order valence-electron chi connectivity index (χ1n) is 7.51. The summed E-state index contributed by atoms with van der Waals surface area (Å²) in [5.41, 5.74) is 2.81. The van der Waals surface area contributed by atoms with Crippen LogP contribution in [0.15, 0.2) is 24.3 Å². The predicted octanol–water partition coefficient (Wildman–Crippen LogP) is 0.945. The SMILES string of the molecule is O=C(NC[C@@H]1CCCc2ccccc21)[C@@H]1C[C@@H](O)CN1. The van der Waals surface area contributed by atoms with Crippen LogP contribution in [0.2, 0.25) is 0 Å². The van der Waals surface area contributed by atoms with Gasteiger partial charge in [0, 0.05) is 19.0 Å². The van der Waals surface area contributed by atoms with E-state index < -0.39 is 0 Å². The molecular weight excluding hydrogens is 252 g/mol. The Morgan fingerprint density at radius 3 is 3.05 bits per heavy atom. The van der Waals surface area contributed by atoms with Gasteiger partial charge in [0.05, 0.1) is 12.1 Å². The third-order valence-electron chi connectivity index (χ3n) is 4.44. The molecule has 3 atom stereocenters. The van der Waals surface area contributed by atoms with Gasteiger partial charge < -0.3 is 15.7 Å². The molecule has 1 saturated heterocycles. The zero-order valence-corrected chi connectivity index (χ0v) is 11.6. The standard InChI is InChI=1S/C16H22N2O2/c19-13-8-15(17-10-13)16(20)18-9-12-6-3-5-11-4-1-2-7-14(11)12/h1-2,4,7,12-13,15,17,19H,3,5-6,8-10H2,(H,18,20)/t12-,13+,15-/m0/s1. The predicted molar refractivity (Wildman–Crippen MR) is 77.5 cm³/mol. The van der Waals surface area contributed by atoms with Crippen molar-refractivity contribution in [3.63, 3.8) is 0 Å². The largest absolute Gasteiger partial charge is 0.392 e. The van der Waals surface area contributed by atoms with Crippen LogP contribution in [0.4, 0.5) is 0 Å². The molecule has 0 unspecified atom stereocenters. The molecule has 1 aromatic rings. The third kappa shape index (κ3) is 2.86. The minimum atomic E-state index is -0.388. The lowest BCUT2D eigenvalue weighted by Crippen LogP contribution is -2.42. The number of nitrogens with one attached hydrogen (secondary N) is 2. The summed E-state index contributed by atoms with van der Waals surface area (Å²) in [7, 11) is 0. The summed E-state index contributed by atoms with van der Waals surface area (Å²) < 4.78 is 0. The molecule has 2 aliphatic rings. The highest BCUT2D eigenvalue weighted by Gasteiger charge is 2.28. The molecule has 3 rings (SSSR count). The molecule has 1 aromatic carbocycles. The van der Waals surface area contributed by atoms with Crippen LogP contribution in [0.5, 0.6) is 0 Å². The highest BCUT2D eigenvalue weighted by atomic mass is 16.3. The Balaban J connectivity index is 1.58. The van der Waals surface area contributed by atoms with Crippen LogP contribution < -0.4 is 10.6 Å². The number of carbonyl (C=O) groups excluding carboxylic acids is 1. The number of aliphatic hydroxyl groups is 1. The van der Waals surface area contributed by atoms with Gasteiger partial charge in [-0.05, 0) is 36.8 Å². The molecule has 3 N–H and O–H groups in total. The van der Waals surface area contributed by atoms with Crippen molar-refractivity contribution in [2.24, 2.45) is 0 Å². The second-order valence-electron chi connectivity index (χ2n) is 5.88. The maximum Gasteiger partial charge on any atom is 0.237 e. The average Bonchev–Trinajstić information content (AvgIpc) is 2.91. The first-order chi connectivity index (χ1) is 9.74. The van der Waals surface area contributed by atoms with Crippen molar-refractivity contribution < 1.29 is 9.90 Å². The van der Waals surface area contributed by atoms with Crippen molar-refractivity contribution in [1.29, 1.82) is 0 Å². The van der Waals surface area contributed by atoms with E-state index in [4.69, 9.17) is 0 Å². The fraction of sp³-hybridized carbons (Fsp3) is 0.562. The fourth-order valence-electron chi connectivity index (χ4n) is 3.33. The van der Waals surface area contributed by atoms with Crippen molar-refractivity contribution in [1.82, 2.24) is 10.6 Å². The molecule has 20 heavy (non-hydrogen) atoms. The zero-order chi connectivity index (χ0) is 13.9. The molecule has 4 nitrogen and oxygen atoms in total. The molecule has 1 aliphatic carbocycles. The van der Waals surface area contributed by atoms with Crippen LogP contribution in [0.1, 0.15) is 36.3 Å². The van der Waals surface area contributed by atoms with Gasteiger partial charge in [-0.15, -0.1) is 0 Å². The van der Waals surface area contributed by atoms with Crippen molar-refractivity contribution in [2.45, 2.75) is 43.7 Å². The van der Waals surface area contributed by atoms with E-state index >= 15 is 0 Å². The van der Waals surface area contributed by atoms with Crippen LogP contribution in [0.3, 0.4) is 0 Å². The monoisotopic (exact) mass is 274 g/mol. The van der Waals surface area contributed by atoms with E-state index in [0.717, 1.165) is 12.8 Å². The van der Waals surface area contributed by atoms with E-state index in [9.17, 15) is 9.90 Å². The summed E-state index contributed by atoms with van der Waals surface area (Å²) in [6.07, 6.45) is 3.61. The van der Waals surface area contributed by atoms with Crippen LogP contribution in [0, 0.1) is 0 Å². The van der Waals surface area contributed by atoms with Crippen molar-refractivity contribution in [3.8, 4) is 0 Å². The summed E-state index contributed by atoms with van der Waals surface area (Å²) in [6, 6.07) is 8.31. The molecule has 1 aliphatic heterocycles. The first kappa shape index (κ1) is 13.6. The lowest BCUT2D eigenvalue weighted by Gasteiger charge is -2.26. The topological polar surface area (TPSA) is 61.4 Å². The van der Waals surface area contributed by atoms with Gasteiger partial charge in [-0.1, -0.05) is 24.3 Å². The molecule has 0 spiro atoms. The molecular formula is C16H22N2O2. The fourth-order valence-corrected chi connectivity index (χ4v) is 3.33. The van der Waals surface area contributed by atoms with Crippen LogP contribution in [-0.4, -0.2) is 36.2 Å². The second-order valence-corrected chi connectivity index (χ2v) is 5.88. The Morgan fingerprint density at radius 2 is 2.25 bits per heavy atom. The Hall–Kier alpha value is -1.39. The smallest absolute Gasteiger partial charge is 0.237 e. The number of amides is 1. The van der Waals surface area contributed by atoms with E-state index in [1.54, 1.807) is 0 Å². The number of hydrogen-bond donors (Lipinski definition) is 3. The minimum Gasteiger partial charge on any atom is -0.392 e. The molecule has 0 radical (unpaired) electrons. The lowest BCUT2D eigenvalue weighted by molar-refractivity contribution is -0.123. The van der Waals surface area contributed by atoms with Gasteiger partial charge in [0.2, 0.25) is 5.91 Å². The molecule has 1 amide bonds. The van der Waals surface area contributed by atoms with Gasteiger partial charge >= 0.3 is 0 Å². The van der Waals surface area contributed by atoms with Gasteiger partial charge in [0.1, 0.15) is 0 Å². The normalized spacial score (nSPS) is 28.9. The van der Waals surface area contributed by atoms with Gasteiger partial charge in [-0.25, -0.2) is 0 Å². The van der Waals surface area contributed by atoms with Gasteiger partial charge in [-0.3, -0.25) is 4.79 Å². The lowest BCUT2D eigenvalue weighted by atomic mass is 9.83. The Kier molecular flexibility index (Phi) is 4.03. The van der Waals surface area contributed by atoms with Crippen LogP contribution in [0.25, 0.3) is 0 Å². The number of carbonyl (C=O) groups is 1. The molecule has 0 aromatic heterocycles. The second kappa shape index (κ2) is 5.94. The number of aliphatic hydroxyl groups excluding tert-OH is 1. The van der Waals surface area contributed by atoms with Crippen LogP contribution in [-0.2, 0) is 11.2 Å². The van der Waals surface area contributed by atoms with Gasteiger partial charge in [0.15, 0.2) is 0 Å². The van der Waals surface area contributed by atoms with E-state index in [1.807, 2.05) is 0 Å². The number of rotatable bonds is 3.